The van der Waals surface area contributed by atoms with Crippen LogP contribution in [0.2, 0.25) is 5.02 Å². The van der Waals surface area contributed by atoms with Crippen LogP contribution in [0.15, 0.2) is 46.9 Å². The van der Waals surface area contributed by atoms with Crippen molar-refractivity contribution in [2.45, 2.75) is 6.54 Å². The molecule has 0 radical (unpaired) electrons. The summed E-state index contributed by atoms with van der Waals surface area (Å²) in [5.41, 5.74) is 1.65. The van der Waals surface area contributed by atoms with Crippen molar-refractivity contribution in [1.29, 1.82) is 0 Å². The summed E-state index contributed by atoms with van der Waals surface area (Å²) < 4.78 is 39.8. The van der Waals surface area contributed by atoms with E-state index in [1.807, 2.05) is 18.2 Å². The molecule has 1 N–H and O–H groups in total. The summed E-state index contributed by atoms with van der Waals surface area (Å²) >= 11 is 5.94. The van der Waals surface area contributed by atoms with E-state index < -0.39 is 7.60 Å². The Bertz CT molecular complexity index is 1060. The van der Waals surface area contributed by atoms with Gasteiger partial charge in [0.15, 0.2) is 11.5 Å². The number of nitrogens with one attached hydrogen (secondary N) is 1. The summed E-state index contributed by atoms with van der Waals surface area (Å²) in [6.45, 7) is 0.570. The Labute approximate surface area is 172 Å². The van der Waals surface area contributed by atoms with Crippen molar-refractivity contribution in [3.63, 3.8) is 0 Å². The van der Waals surface area contributed by atoms with Crippen molar-refractivity contribution in [2.24, 2.45) is 0 Å². The smallest absolute Gasteiger partial charge is 0.384 e. The molecule has 1 aromatic heterocycles. The Morgan fingerprint density at radius 2 is 1.83 bits per heavy atom. The minimum absolute atomic E-state index is 0.0631. The van der Waals surface area contributed by atoms with Gasteiger partial charge in [0.1, 0.15) is 0 Å². The van der Waals surface area contributed by atoms with Gasteiger partial charge in [0.25, 0.3) is 0 Å². The number of fused-ring (bicyclic) bond motifs is 1. The molecule has 8 nitrogen and oxygen atoms in total. The minimum Gasteiger partial charge on any atom is -0.454 e. The van der Waals surface area contributed by atoms with E-state index in [-0.39, 0.29) is 24.0 Å². The molecule has 2 aromatic carbocycles. The number of anilines is 1. The van der Waals surface area contributed by atoms with Crippen LogP contribution in [-0.2, 0) is 20.2 Å². The first-order valence-corrected chi connectivity index (χ1v) is 10.6. The van der Waals surface area contributed by atoms with Crippen molar-refractivity contribution >= 4 is 30.5 Å². The zero-order valence-corrected chi connectivity index (χ0v) is 17.3. The van der Waals surface area contributed by atoms with Gasteiger partial charge in [-0.25, -0.2) is 0 Å². The molecule has 0 aliphatic carbocycles. The number of benzene rings is 2. The molecule has 0 amide bonds. The van der Waals surface area contributed by atoms with E-state index in [9.17, 15) is 4.57 Å². The number of nitrogens with zero attached hydrogens (tertiary/aromatic N) is 1. The molecule has 152 valence electrons. The fourth-order valence-electron chi connectivity index (χ4n) is 2.81. The van der Waals surface area contributed by atoms with Gasteiger partial charge in [0.05, 0.1) is 0 Å². The highest BCUT2D eigenvalue weighted by molar-refractivity contribution is 7.62. The summed E-state index contributed by atoms with van der Waals surface area (Å²) in [6, 6.07) is 12.5. The quantitative estimate of drug-likeness (QED) is 0.543. The van der Waals surface area contributed by atoms with Crippen molar-refractivity contribution in [2.75, 3.05) is 26.3 Å². The monoisotopic (exact) mass is 436 g/mol. The molecule has 0 fully saturated rings. The van der Waals surface area contributed by atoms with E-state index in [4.69, 9.17) is 34.5 Å². The molecule has 10 heteroatoms. The molecule has 4 rings (SSSR count). The second kappa shape index (κ2) is 8.08. The highest BCUT2D eigenvalue weighted by Crippen LogP contribution is 2.47. The van der Waals surface area contributed by atoms with Gasteiger partial charge in [-0.1, -0.05) is 17.7 Å². The number of oxazole rings is 1. The molecule has 1 aliphatic rings. The van der Waals surface area contributed by atoms with Crippen LogP contribution in [0.5, 0.6) is 11.5 Å². The minimum atomic E-state index is -3.65. The van der Waals surface area contributed by atoms with Crippen molar-refractivity contribution in [3.05, 3.63) is 53.1 Å². The number of hydrogen-bond donors (Lipinski definition) is 1. The zero-order chi connectivity index (χ0) is 20.4. The van der Waals surface area contributed by atoms with E-state index in [0.29, 0.717) is 28.6 Å². The fraction of sp³-hybridized carbons (Fsp3) is 0.211. The second-order valence-corrected chi connectivity index (χ2v) is 8.67. The van der Waals surface area contributed by atoms with Crippen LogP contribution >= 0.6 is 19.2 Å². The van der Waals surface area contributed by atoms with Crippen LogP contribution in [0.1, 0.15) is 5.56 Å². The maximum Gasteiger partial charge on any atom is 0.384 e. The average molecular weight is 437 g/mol. The Morgan fingerprint density at radius 1 is 1.10 bits per heavy atom. The fourth-order valence-corrected chi connectivity index (χ4v) is 4.02. The molecule has 1 aliphatic heterocycles. The maximum atomic E-state index is 13.0. The molecule has 0 spiro atoms. The lowest BCUT2D eigenvalue weighted by molar-refractivity contribution is 0.174. The first-order chi connectivity index (χ1) is 14.0. The SMILES string of the molecule is COP(=O)(OC)c1nc(-c2ccc(Cl)cc2)oc1NCc1ccc2c(c1)OCO2. The summed E-state index contributed by atoms with van der Waals surface area (Å²) in [4.78, 5) is 4.36. The van der Waals surface area contributed by atoms with Gasteiger partial charge in [-0.15, -0.1) is 0 Å². The highest BCUT2D eigenvalue weighted by atomic mass is 35.5. The molecular formula is C19H18ClN2O6P. The van der Waals surface area contributed by atoms with Crippen LogP contribution in [0, 0.1) is 0 Å². The van der Waals surface area contributed by atoms with Gasteiger partial charge in [0, 0.05) is 31.4 Å². The number of ether oxygens (including phenoxy) is 2. The molecule has 3 aromatic rings. The third-order valence-corrected chi connectivity index (χ3v) is 6.37. The van der Waals surface area contributed by atoms with E-state index in [1.54, 1.807) is 24.3 Å². The summed E-state index contributed by atoms with van der Waals surface area (Å²) in [5, 5.41) is 3.70. The van der Waals surface area contributed by atoms with E-state index in [0.717, 1.165) is 5.56 Å². The lowest BCUT2D eigenvalue weighted by atomic mass is 10.2. The lowest BCUT2D eigenvalue weighted by Gasteiger charge is -2.12. The van der Waals surface area contributed by atoms with Gasteiger partial charge in [-0.05, 0) is 42.0 Å². The molecule has 2 heterocycles. The third kappa shape index (κ3) is 3.97. The summed E-state index contributed by atoms with van der Waals surface area (Å²) in [5.74, 6) is 1.82. The van der Waals surface area contributed by atoms with Crippen LogP contribution in [0.4, 0.5) is 5.88 Å². The normalized spacial score (nSPS) is 12.9. The van der Waals surface area contributed by atoms with Crippen LogP contribution < -0.4 is 20.2 Å². The van der Waals surface area contributed by atoms with Gasteiger partial charge in [0.2, 0.25) is 24.0 Å². The predicted octanol–water partition coefficient (Wildman–Crippen LogP) is 4.45. The number of rotatable bonds is 7. The Hall–Kier alpha value is -2.51. The number of aromatic nitrogens is 1. The first-order valence-electron chi connectivity index (χ1n) is 8.63. The Balaban J connectivity index is 1.65. The number of halogens is 1. The first kappa shape index (κ1) is 19.8. The molecular weight excluding hydrogens is 419 g/mol. The summed E-state index contributed by atoms with van der Waals surface area (Å²) in [7, 11) is -1.06. The van der Waals surface area contributed by atoms with Gasteiger partial charge in [-0.3, -0.25) is 4.57 Å². The molecule has 29 heavy (non-hydrogen) atoms. The highest BCUT2D eigenvalue weighted by Gasteiger charge is 2.34. The molecule has 0 atom stereocenters. The van der Waals surface area contributed by atoms with E-state index in [2.05, 4.69) is 10.3 Å². The van der Waals surface area contributed by atoms with Crippen molar-refractivity contribution in [1.82, 2.24) is 4.98 Å². The largest absolute Gasteiger partial charge is 0.454 e. The van der Waals surface area contributed by atoms with E-state index in [1.165, 1.54) is 14.2 Å². The molecule has 0 bridgehead atoms. The Morgan fingerprint density at radius 3 is 2.55 bits per heavy atom. The molecule has 0 saturated heterocycles. The zero-order valence-electron chi connectivity index (χ0n) is 15.7. The van der Waals surface area contributed by atoms with Crippen molar-refractivity contribution < 1.29 is 27.5 Å². The third-order valence-electron chi connectivity index (χ3n) is 4.33. The second-order valence-electron chi connectivity index (χ2n) is 6.08. The van der Waals surface area contributed by atoms with Crippen LogP contribution in [-0.4, -0.2) is 26.0 Å². The standard InChI is InChI=1S/C19H18ClN2O6P/c1-24-29(23,25-2)19-18(28-17(22-19)13-4-6-14(20)7-5-13)21-10-12-3-8-15-16(9-12)27-11-26-15/h3-9,21H,10-11H2,1-2H3. The predicted molar refractivity (Wildman–Crippen MR) is 108 cm³/mol. The van der Waals surface area contributed by atoms with Crippen molar-refractivity contribution in [3.8, 4) is 23.0 Å². The lowest BCUT2D eigenvalue weighted by Crippen LogP contribution is -2.14. The van der Waals surface area contributed by atoms with Gasteiger partial charge < -0.3 is 28.3 Å². The molecule has 0 unspecified atom stereocenters. The summed E-state index contributed by atoms with van der Waals surface area (Å²) in [6.07, 6.45) is 0. The Kier molecular flexibility index (Phi) is 5.52. The van der Waals surface area contributed by atoms with E-state index >= 15 is 0 Å². The van der Waals surface area contributed by atoms with Gasteiger partial charge in [-0.2, -0.15) is 4.98 Å². The topological polar surface area (TPSA) is 92.1 Å². The van der Waals surface area contributed by atoms with Gasteiger partial charge >= 0.3 is 7.60 Å². The van der Waals surface area contributed by atoms with Crippen LogP contribution in [0.25, 0.3) is 11.5 Å². The number of hydrogen-bond acceptors (Lipinski definition) is 8. The average Bonchev–Trinajstić information content (AvgIpc) is 3.39. The maximum absolute atomic E-state index is 13.0. The van der Waals surface area contributed by atoms with Crippen LogP contribution in [0.3, 0.4) is 0 Å². The molecule has 0 saturated carbocycles.